The third-order valence-corrected chi connectivity index (χ3v) is 7.40. The molecule has 0 bridgehead atoms. The number of hydrogen-bond acceptors (Lipinski definition) is 8. The molecule has 1 aromatic rings. The van der Waals surface area contributed by atoms with Crippen molar-refractivity contribution in [2.24, 2.45) is 0 Å². The van der Waals surface area contributed by atoms with Crippen LogP contribution in [0.4, 0.5) is 0 Å². The first-order valence-corrected chi connectivity index (χ1v) is 15.4. The van der Waals surface area contributed by atoms with E-state index >= 15 is 0 Å². The second kappa shape index (κ2) is 20.4. The van der Waals surface area contributed by atoms with Crippen molar-refractivity contribution in [1.29, 1.82) is 0 Å². The quantitative estimate of drug-likeness (QED) is 0.103. The molecule has 1 saturated heterocycles. The second-order valence-corrected chi connectivity index (χ2v) is 10.7. The maximum atomic E-state index is 13.6. The van der Waals surface area contributed by atoms with Crippen LogP contribution >= 0.6 is 0 Å². The predicted molar refractivity (Wildman–Crippen MR) is 162 cm³/mol. The lowest BCUT2D eigenvalue weighted by atomic mass is 10.0. The number of ether oxygens (including phenoxy) is 1. The van der Waals surface area contributed by atoms with Crippen molar-refractivity contribution in [3.05, 3.63) is 35.9 Å². The molecule has 12 nitrogen and oxygen atoms in total. The summed E-state index contributed by atoms with van der Waals surface area (Å²) in [5.74, 6) is -2.08. The average molecular weight is 604 g/mol. The molecule has 1 aliphatic heterocycles. The molecule has 3 amide bonds. The number of likely N-dealkylation sites (tertiary alicyclic amines) is 1. The van der Waals surface area contributed by atoms with Crippen LogP contribution in [-0.4, -0.2) is 97.6 Å². The molecule has 240 valence electrons. The van der Waals surface area contributed by atoms with E-state index in [0.29, 0.717) is 64.5 Å². The van der Waals surface area contributed by atoms with Crippen LogP contribution in [0.15, 0.2) is 30.3 Å². The van der Waals surface area contributed by atoms with Crippen molar-refractivity contribution in [2.45, 2.75) is 89.3 Å². The Morgan fingerprint density at radius 1 is 0.930 bits per heavy atom. The number of aliphatic carboxylic acids is 1. The number of aryl methyl sites for hydroxylation is 1. The van der Waals surface area contributed by atoms with E-state index in [0.717, 1.165) is 18.5 Å². The highest BCUT2D eigenvalue weighted by molar-refractivity contribution is 5.88. The third kappa shape index (κ3) is 13.6. The lowest BCUT2D eigenvalue weighted by Crippen LogP contribution is -2.54. The number of carbonyl (C=O) groups excluding carboxylic acids is 4. The Bertz CT molecular complexity index is 1020. The Morgan fingerprint density at radius 2 is 1.65 bits per heavy atom. The van der Waals surface area contributed by atoms with Gasteiger partial charge in [-0.3, -0.25) is 24.5 Å². The van der Waals surface area contributed by atoms with Crippen LogP contribution in [0.3, 0.4) is 0 Å². The minimum atomic E-state index is -1.03. The lowest BCUT2D eigenvalue weighted by molar-refractivity contribution is -0.150. The molecule has 0 aliphatic carbocycles. The van der Waals surface area contributed by atoms with Gasteiger partial charge in [-0.05, 0) is 77.4 Å². The fourth-order valence-electron chi connectivity index (χ4n) is 5.10. The van der Waals surface area contributed by atoms with Gasteiger partial charge < -0.3 is 30.7 Å². The number of carbonyl (C=O) groups is 5. The van der Waals surface area contributed by atoms with Crippen LogP contribution in [0.1, 0.15) is 70.3 Å². The van der Waals surface area contributed by atoms with E-state index in [-0.39, 0.29) is 37.3 Å². The van der Waals surface area contributed by atoms with E-state index in [1.54, 1.807) is 6.92 Å². The highest BCUT2D eigenvalue weighted by atomic mass is 16.5. The van der Waals surface area contributed by atoms with E-state index in [9.17, 15) is 29.1 Å². The van der Waals surface area contributed by atoms with Crippen molar-refractivity contribution in [3.63, 3.8) is 0 Å². The molecular formula is C31H49N5O7. The van der Waals surface area contributed by atoms with E-state index in [4.69, 9.17) is 4.74 Å². The Kier molecular flexibility index (Phi) is 16.9. The first-order chi connectivity index (χ1) is 20.8. The van der Waals surface area contributed by atoms with Gasteiger partial charge in [0, 0.05) is 32.5 Å². The van der Waals surface area contributed by atoms with Gasteiger partial charge in [0.2, 0.25) is 17.7 Å². The van der Waals surface area contributed by atoms with Gasteiger partial charge in [-0.1, -0.05) is 30.3 Å². The minimum absolute atomic E-state index is 0.0840. The van der Waals surface area contributed by atoms with Gasteiger partial charge >= 0.3 is 11.9 Å². The standard InChI is InChI=1S/C31H49N5O7/c1-3-43-31(42)25(17-16-23-11-5-4-6-12-23)35-24(29(39)36-22-10-14-26(36)30(40)41)13-7-8-20-33-28(38)18-21-34-27(37)15-9-19-32-2/h4-6,11-12,24-26,32,35H,3,7-10,13-22H2,1-2H3,(H,33,38)(H,34,37)(H,40,41)/t24-,25?,26?/m0/s1. The number of amides is 3. The normalized spacial score (nSPS) is 15.9. The first-order valence-electron chi connectivity index (χ1n) is 15.4. The topological polar surface area (TPSA) is 166 Å². The molecule has 0 spiro atoms. The zero-order valence-corrected chi connectivity index (χ0v) is 25.6. The molecule has 2 rings (SSSR count). The molecule has 12 heteroatoms. The van der Waals surface area contributed by atoms with Gasteiger partial charge in [0.1, 0.15) is 12.1 Å². The maximum Gasteiger partial charge on any atom is 0.326 e. The monoisotopic (exact) mass is 603 g/mol. The number of carboxylic acids is 1. The molecule has 2 unspecified atom stereocenters. The van der Waals surface area contributed by atoms with Crippen LogP contribution in [0.5, 0.6) is 0 Å². The SMILES string of the molecule is CCOC(=O)C(CCc1ccccc1)N[C@@H](CCCCNC(=O)CCNC(=O)CCCNC)C(=O)N1CCCC1C(=O)O. The third-order valence-electron chi connectivity index (χ3n) is 7.40. The predicted octanol–water partition coefficient (Wildman–Crippen LogP) is 1.38. The van der Waals surface area contributed by atoms with Gasteiger partial charge in [0.05, 0.1) is 12.6 Å². The van der Waals surface area contributed by atoms with Crippen molar-refractivity contribution < 1.29 is 33.8 Å². The summed E-state index contributed by atoms with van der Waals surface area (Å²) < 4.78 is 5.30. The summed E-state index contributed by atoms with van der Waals surface area (Å²) in [7, 11) is 1.83. The van der Waals surface area contributed by atoms with Crippen LogP contribution in [0.25, 0.3) is 0 Å². The van der Waals surface area contributed by atoms with Gasteiger partial charge in [0.25, 0.3) is 0 Å². The van der Waals surface area contributed by atoms with Crippen LogP contribution < -0.4 is 21.3 Å². The molecule has 0 radical (unpaired) electrons. The average Bonchev–Trinajstić information content (AvgIpc) is 3.49. The van der Waals surface area contributed by atoms with Crippen LogP contribution in [0.2, 0.25) is 0 Å². The fourth-order valence-corrected chi connectivity index (χ4v) is 5.10. The van der Waals surface area contributed by atoms with E-state index in [1.807, 2.05) is 37.4 Å². The first kappa shape index (κ1) is 35.7. The molecule has 1 aromatic carbocycles. The number of benzene rings is 1. The Balaban J connectivity index is 1.94. The molecule has 1 aliphatic rings. The minimum Gasteiger partial charge on any atom is -0.480 e. The highest BCUT2D eigenvalue weighted by Crippen LogP contribution is 2.20. The summed E-state index contributed by atoms with van der Waals surface area (Å²) in [5.41, 5.74) is 1.05. The largest absolute Gasteiger partial charge is 0.480 e. The second-order valence-electron chi connectivity index (χ2n) is 10.7. The van der Waals surface area contributed by atoms with E-state index in [2.05, 4.69) is 21.3 Å². The Hall–Kier alpha value is -3.51. The van der Waals surface area contributed by atoms with Crippen molar-refractivity contribution in [2.75, 3.05) is 39.8 Å². The molecule has 1 fully saturated rings. The molecule has 3 atom stereocenters. The molecule has 1 heterocycles. The Labute approximate surface area is 254 Å². The van der Waals surface area contributed by atoms with Gasteiger partial charge in [-0.15, -0.1) is 0 Å². The lowest BCUT2D eigenvalue weighted by Gasteiger charge is -2.30. The smallest absolute Gasteiger partial charge is 0.326 e. The van der Waals surface area contributed by atoms with Gasteiger partial charge in [-0.25, -0.2) is 4.79 Å². The van der Waals surface area contributed by atoms with E-state index < -0.39 is 30.1 Å². The molecular weight excluding hydrogens is 554 g/mol. The summed E-state index contributed by atoms with van der Waals surface area (Å²) in [6, 6.07) is 7.31. The Morgan fingerprint density at radius 3 is 2.35 bits per heavy atom. The zero-order chi connectivity index (χ0) is 31.5. The highest BCUT2D eigenvalue weighted by Gasteiger charge is 2.38. The van der Waals surface area contributed by atoms with Gasteiger partial charge in [-0.2, -0.15) is 0 Å². The number of hydrogen-bond donors (Lipinski definition) is 5. The summed E-state index contributed by atoms with van der Waals surface area (Å²) in [5, 5.41) is 21.4. The number of nitrogens with zero attached hydrogens (tertiary/aromatic N) is 1. The number of esters is 1. The fraction of sp³-hybridized carbons (Fsp3) is 0.645. The molecule has 5 N–H and O–H groups in total. The number of unbranched alkanes of at least 4 members (excludes halogenated alkanes) is 1. The van der Waals surface area contributed by atoms with E-state index in [1.165, 1.54) is 4.90 Å². The van der Waals surface area contributed by atoms with Crippen LogP contribution in [-0.2, 0) is 35.1 Å². The maximum absolute atomic E-state index is 13.6. The molecule has 43 heavy (non-hydrogen) atoms. The summed E-state index contributed by atoms with van der Waals surface area (Å²) in [4.78, 5) is 63.6. The summed E-state index contributed by atoms with van der Waals surface area (Å²) in [6.07, 6.45) is 4.84. The summed E-state index contributed by atoms with van der Waals surface area (Å²) in [6.45, 7) is 3.70. The van der Waals surface area contributed by atoms with Crippen molar-refractivity contribution in [3.8, 4) is 0 Å². The van der Waals surface area contributed by atoms with Crippen molar-refractivity contribution >= 4 is 29.7 Å². The van der Waals surface area contributed by atoms with Gasteiger partial charge in [0.15, 0.2) is 0 Å². The number of rotatable bonds is 21. The molecule has 0 aromatic heterocycles. The summed E-state index contributed by atoms with van der Waals surface area (Å²) >= 11 is 0. The van der Waals surface area contributed by atoms with Crippen molar-refractivity contribution in [1.82, 2.24) is 26.2 Å². The number of nitrogens with one attached hydrogen (secondary N) is 4. The molecule has 0 saturated carbocycles. The van der Waals surface area contributed by atoms with Crippen LogP contribution in [0, 0.1) is 0 Å². The zero-order valence-electron chi connectivity index (χ0n) is 25.6. The number of carboxylic acid groups (broad SMARTS) is 1.